The van der Waals surface area contributed by atoms with Crippen LogP contribution < -0.4 is 0 Å². The molecule has 0 amide bonds. The molecule has 0 aliphatic rings. The molecule has 0 bridgehead atoms. The molecule has 6 heteroatoms. The van der Waals surface area contributed by atoms with Crippen molar-refractivity contribution in [3.05, 3.63) is 66.8 Å². The van der Waals surface area contributed by atoms with Crippen LogP contribution >= 0.6 is 0 Å². The smallest absolute Gasteiger partial charge is 0.0488 e. The predicted octanol–water partition coefficient (Wildman–Crippen LogP) is 3.69. The molecule has 1 aromatic carbocycles. The summed E-state index contributed by atoms with van der Waals surface area (Å²) in [5, 5.41) is 11.2. The first-order chi connectivity index (χ1) is 11.6. The van der Waals surface area contributed by atoms with Crippen molar-refractivity contribution in [3.63, 3.8) is 0 Å². The number of hydrogen-bond acceptors (Lipinski definition) is 3. The number of hydrogen-bond donors (Lipinski definition) is 1. The Kier molecular flexibility index (Phi) is 11.2. The van der Waals surface area contributed by atoms with Gasteiger partial charge in [-0.15, -0.1) is 0 Å². The van der Waals surface area contributed by atoms with Crippen LogP contribution in [0.25, 0.3) is 16.6 Å². The number of pyridine rings is 1. The fraction of sp³-hybridized carbons (Fsp3) is 0.263. The Morgan fingerprint density at radius 2 is 1.84 bits per heavy atom. The van der Waals surface area contributed by atoms with E-state index in [1.54, 1.807) is 12.5 Å². The molecule has 1 N–H and O–H groups in total. The van der Waals surface area contributed by atoms with E-state index in [1.165, 1.54) is 0 Å². The Labute approximate surface area is 164 Å². The summed E-state index contributed by atoms with van der Waals surface area (Å²) in [5.74, 6) is 0.567. The van der Waals surface area contributed by atoms with E-state index in [4.69, 9.17) is 5.11 Å². The number of aliphatic hydroxyl groups is 1. The topological polar surface area (TPSA) is 54.6 Å². The largest absolute Gasteiger partial charge is 0.400 e. The maximum Gasteiger partial charge on any atom is 0.0488 e. The average molecular weight is 396 g/mol. The van der Waals surface area contributed by atoms with E-state index in [1.807, 2.05) is 48.8 Å². The molecule has 0 aliphatic carbocycles. The van der Waals surface area contributed by atoms with Crippen LogP contribution in [-0.2, 0) is 35.1 Å². The Morgan fingerprint density at radius 1 is 1.20 bits per heavy atom. The molecular formula is C19H25N2O2SV-. The van der Waals surface area contributed by atoms with E-state index in [2.05, 4.69) is 24.2 Å². The van der Waals surface area contributed by atoms with Crippen LogP contribution in [0.1, 0.15) is 25.0 Å². The molecular weight excluding hydrogens is 371 g/mol. The molecule has 0 spiro atoms. The van der Waals surface area contributed by atoms with Crippen LogP contribution in [0.3, 0.4) is 0 Å². The molecule has 1 unspecified atom stereocenters. The summed E-state index contributed by atoms with van der Waals surface area (Å²) < 4.78 is 13.3. The molecule has 3 aromatic rings. The summed E-state index contributed by atoms with van der Waals surface area (Å²) in [6, 6.07) is 12.2. The minimum Gasteiger partial charge on any atom is -0.400 e. The molecule has 2 aromatic heterocycles. The second kappa shape index (κ2) is 11.9. The molecule has 1 atom stereocenters. The summed E-state index contributed by atoms with van der Waals surface area (Å²) in [5.41, 5.74) is 5.22. The summed E-state index contributed by atoms with van der Waals surface area (Å²) in [6.07, 6.45) is 5.41. The minimum atomic E-state index is -0.854. The molecule has 0 saturated heterocycles. The van der Waals surface area contributed by atoms with Crippen molar-refractivity contribution >= 4 is 16.3 Å². The van der Waals surface area contributed by atoms with Gasteiger partial charge >= 0.3 is 0 Å². The predicted molar refractivity (Wildman–Crippen MR) is 102 cm³/mol. The van der Waals surface area contributed by atoms with Gasteiger partial charge in [0.1, 0.15) is 0 Å². The molecule has 4 nitrogen and oxygen atoms in total. The second-order valence-electron chi connectivity index (χ2n) is 4.79. The van der Waals surface area contributed by atoms with Gasteiger partial charge < -0.3 is 9.62 Å². The van der Waals surface area contributed by atoms with Gasteiger partial charge in [-0.1, -0.05) is 50.4 Å². The van der Waals surface area contributed by atoms with Crippen molar-refractivity contribution in [1.29, 1.82) is 0 Å². The van der Waals surface area contributed by atoms with Crippen molar-refractivity contribution in [2.24, 2.45) is 0 Å². The van der Waals surface area contributed by atoms with Crippen LogP contribution in [0.2, 0.25) is 0 Å². The maximum atomic E-state index is 11.5. The van der Waals surface area contributed by atoms with Gasteiger partial charge in [-0.25, -0.2) is 0 Å². The first kappa shape index (κ1) is 23.5. The van der Waals surface area contributed by atoms with E-state index in [0.29, 0.717) is 5.75 Å². The first-order valence-electron chi connectivity index (χ1n) is 7.77. The fourth-order valence-electron chi connectivity index (χ4n) is 2.35. The Balaban J connectivity index is 0.00000108. The number of aliphatic hydroxyl groups excluding tert-OH is 1. The van der Waals surface area contributed by atoms with E-state index < -0.39 is 10.8 Å². The van der Waals surface area contributed by atoms with Gasteiger partial charge in [0.15, 0.2) is 0 Å². The quantitative estimate of drug-likeness (QED) is 0.687. The van der Waals surface area contributed by atoms with Gasteiger partial charge in [0.05, 0.1) is 0 Å². The molecule has 25 heavy (non-hydrogen) atoms. The number of nitrogens with zero attached hydrogens (tertiary/aromatic N) is 2. The van der Waals surface area contributed by atoms with Crippen LogP contribution in [0.5, 0.6) is 0 Å². The summed E-state index contributed by atoms with van der Waals surface area (Å²) >= 11 is 0. The first-order valence-corrected chi connectivity index (χ1v) is 9.50. The van der Waals surface area contributed by atoms with E-state index in [9.17, 15) is 4.21 Å². The number of aromatic nitrogens is 2. The molecule has 135 valence electrons. The van der Waals surface area contributed by atoms with Gasteiger partial charge in [-0.3, -0.25) is 9.31 Å². The van der Waals surface area contributed by atoms with Crippen molar-refractivity contribution in [1.82, 2.24) is 9.61 Å². The number of benzene rings is 1. The molecule has 0 aliphatic heterocycles. The number of fused-ring (bicyclic) bond motifs is 1. The Hall–Kier alpha value is -1.53. The third kappa shape index (κ3) is 6.05. The van der Waals surface area contributed by atoms with Gasteiger partial charge in [0.25, 0.3) is 0 Å². The number of rotatable bonds is 3. The Bertz CT molecular complexity index is 803. The van der Waals surface area contributed by atoms with Gasteiger partial charge in [-0.2, -0.15) is 12.5 Å². The van der Waals surface area contributed by atoms with Crippen molar-refractivity contribution in [3.8, 4) is 11.1 Å². The van der Waals surface area contributed by atoms with Gasteiger partial charge in [0.2, 0.25) is 0 Å². The van der Waals surface area contributed by atoms with Crippen LogP contribution in [0, 0.1) is 6.92 Å². The third-order valence-corrected chi connectivity index (χ3v) is 4.01. The van der Waals surface area contributed by atoms with Crippen molar-refractivity contribution < 1.29 is 27.9 Å². The molecule has 0 saturated carbocycles. The fourth-order valence-corrected chi connectivity index (χ4v) is 3.04. The Morgan fingerprint density at radius 3 is 2.48 bits per heavy atom. The van der Waals surface area contributed by atoms with Crippen LogP contribution in [0.15, 0.2) is 48.8 Å². The second-order valence-corrected chi connectivity index (χ2v) is 6.22. The van der Waals surface area contributed by atoms with E-state index in [-0.39, 0.29) is 18.6 Å². The average Bonchev–Trinajstić information content (AvgIpc) is 2.99. The zero-order valence-electron chi connectivity index (χ0n) is 15.1. The van der Waals surface area contributed by atoms with Gasteiger partial charge in [-0.05, 0) is 28.3 Å². The standard InChI is InChI=1S/C16H15N2OS.C2H6.CH4O.V/c1-12-10-17-18-8-7-13(9-16(12)18)15-6-4-3-5-14(15)11-20(2)19;2*1-2;/h3-10H,1,11H2,2H3;1-2H3;2H,1H3;/q-1;;;. The van der Waals surface area contributed by atoms with Crippen molar-refractivity contribution in [2.75, 3.05) is 13.4 Å². The van der Waals surface area contributed by atoms with E-state index in [0.717, 1.165) is 34.9 Å². The van der Waals surface area contributed by atoms with E-state index >= 15 is 0 Å². The third-order valence-electron chi connectivity index (χ3n) is 3.29. The zero-order chi connectivity index (χ0) is 18.1. The summed E-state index contributed by atoms with van der Waals surface area (Å²) in [6.45, 7) is 7.98. The van der Waals surface area contributed by atoms with Crippen molar-refractivity contribution in [2.45, 2.75) is 19.6 Å². The van der Waals surface area contributed by atoms with Crippen LogP contribution in [0.4, 0.5) is 0 Å². The SMILES string of the molecule is CC.CO.[CH2-]c1cnn2ccc(-c3ccccc3CS(C)=O)cc12.[V]. The molecule has 1 radical (unpaired) electrons. The monoisotopic (exact) mass is 396 g/mol. The maximum absolute atomic E-state index is 11.5. The molecule has 2 heterocycles. The normalized spacial score (nSPS) is 10.6. The molecule has 0 fully saturated rings. The summed E-state index contributed by atoms with van der Waals surface area (Å²) in [4.78, 5) is 0. The summed E-state index contributed by atoms with van der Waals surface area (Å²) in [7, 11) is 0.146. The van der Waals surface area contributed by atoms with Gasteiger partial charge in [0, 0.05) is 54.7 Å². The molecule has 3 rings (SSSR count). The minimum absolute atomic E-state index is 0. The van der Waals surface area contributed by atoms with Crippen LogP contribution in [-0.4, -0.2) is 32.3 Å². The zero-order valence-corrected chi connectivity index (χ0v) is 17.4.